The van der Waals surface area contributed by atoms with E-state index in [2.05, 4.69) is 20.5 Å². The Labute approximate surface area is 119 Å². The lowest BCUT2D eigenvalue weighted by atomic mass is 10.2. The van der Waals surface area contributed by atoms with E-state index in [4.69, 9.17) is 4.74 Å². The molecule has 6 nitrogen and oxygen atoms in total. The Balaban J connectivity index is 1.86. The molecule has 0 radical (unpaired) electrons. The number of nitrogens with one attached hydrogen (secondary N) is 2. The number of hydrogen-bond acceptors (Lipinski definition) is 5. The Morgan fingerprint density at radius 3 is 2.95 bits per heavy atom. The maximum absolute atomic E-state index is 12.2. The number of carbonyl (C=O) groups excluding carboxylic acids is 1. The van der Waals surface area contributed by atoms with E-state index in [1.54, 1.807) is 25.4 Å². The van der Waals surface area contributed by atoms with Gasteiger partial charge in [0.1, 0.15) is 5.82 Å². The minimum atomic E-state index is -0.0651. The number of hydrogen-bond donors (Lipinski definition) is 2. The molecule has 1 fully saturated rings. The molecule has 1 amide bonds. The molecule has 0 aromatic carbocycles. The Bertz CT molecular complexity index is 447. The third kappa shape index (κ3) is 4.18. The standard InChI is InChI=1S/C14H22N4O2/c1-11(10-18-5-7-20-8-6-18)17-14(19)12-3-4-16-13(9-12)15-2/h3-4,9,11H,5-8,10H2,1-2H3,(H,15,16)(H,17,19). The largest absolute Gasteiger partial charge is 0.379 e. The van der Waals surface area contributed by atoms with Crippen LogP contribution in [-0.2, 0) is 4.74 Å². The van der Waals surface area contributed by atoms with Gasteiger partial charge >= 0.3 is 0 Å². The summed E-state index contributed by atoms with van der Waals surface area (Å²) in [5.41, 5.74) is 0.623. The minimum absolute atomic E-state index is 0.0651. The molecule has 20 heavy (non-hydrogen) atoms. The monoisotopic (exact) mass is 278 g/mol. The first kappa shape index (κ1) is 14.7. The topological polar surface area (TPSA) is 66.5 Å². The van der Waals surface area contributed by atoms with Gasteiger partial charge in [-0.2, -0.15) is 0 Å². The maximum atomic E-state index is 12.2. The van der Waals surface area contributed by atoms with Gasteiger partial charge in [0.2, 0.25) is 0 Å². The van der Waals surface area contributed by atoms with Crippen LogP contribution in [0.4, 0.5) is 5.82 Å². The molecule has 2 heterocycles. The van der Waals surface area contributed by atoms with Crippen LogP contribution in [0.5, 0.6) is 0 Å². The Morgan fingerprint density at radius 2 is 2.25 bits per heavy atom. The van der Waals surface area contributed by atoms with Crippen molar-refractivity contribution in [2.45, 2.75) is 13.0 Å². The van der Waals surface area contributed by atoms with Crippen molar-refractivity contribution in [1.82, 2.24) is 15.2 Å². The predicted octanol–water partition coefficient (Wildman–Crippen LogP) is 0.574. The van der Waals surface area contributed by atoms with Crippen LogP contribution in [0, 0.1) is 0 Å². The molecule has 1 saturated heterocycles. The van der Waals surface area contributed by atoms with Gasteiger partial charge in [-0.15, -0.1) is 0 Å². The summed E-state index contributed by atoms with van der Waals surface area (Å²) in [6, 6.07) is 3.57. The third-order valence-corrected chi connectivity index (χ3v) is 3.29. The van der Waals surface area contributed by atoms with Crippen molar-refractivity contribution in [2.24, 2.45) is 0 Å². The second kappa shape index (κ2) is 7.21. The molecule has 2 rings (SSSR count). The normalized spacial score (nSPS) is 17.5. The number of ether oxygens (including phenoxy) is 1. The molecule has 1 aliphatic heterocycles. The van der Waals surface area contributed by atoms with Gasteiger partial charge in [0.05, 0.1) is 13.2 Å². The van der Waals surface area contributed by atoms with Crippen LogP contribution >= 0.6 is 0 Å². The molecule has 0 saturated carbocycles. The number of amides is 1. The second-order valence-electron chi connectivity index (χ2n) is 4.97. The van der Waals surface area contributed by atoms with Crippen molar-refractivity contribution in [3.05, 3.63) is 23.9 Å². The van der Waals surface area contributed by atoms with Gasteiger partial charge in [0.15, 0.2) is 0 Å². The second-order valence-corrected chi connectivity index (χ2v) is 4.97. The number of aromatic nitrogens is 1. The quantitative estimate of drug-likeness (QED) is 0.824. The fourth-order valence-electron chi connectivity index (χ4n) is 2.23. The van der Waals surface area contributed by atoms with E-state index in [0.29, 0.717) is 11.4 Å². The number of rotatable bonds is 5. The first-order valence-electron chi connectivity index (χ1n) is 6.94. The lowest BCUT2D eigenvalue weighted by Gasteiger charge is -2.29. The summed E-state index contributed by atoms with van der Waals surface area (Å²) < 4.78 is 5.31. The minimum Gasteiger partial charge on any atom is -0.379 e. The summed E-state index contributed by atoms with van der Waals surface area (Å²) in [5.74, 6) is 0.628. The van der Waals surface area contributed by atoms with Crippen molar-refractivity contribution in [2.75, 3.05) is 45.2 Å². The van der Waals surface area contributed by atoms with Gasteiger partial charge in [0.25, 0.3) is 5.91 Å². The zero-order valence-corrected chi connectivity index (χ0v) is 12.1. The van der Waals surface area contributed by atoms with Crippen LogP contribution in [0.3, 0.4) is 0 Å². The molecule has 0 bridgehead atoms. The van der Waals surface area contributed by atoms with Gasteiger partial charge in [-0.25, -0.2) is 4.98 Å². The van der Waals surface area contributed by atoms with Crippen LogP contribution in [0.2, 0.25) is 0 Å². The summed E-state index contributed by atoms with van der Waals surface area (Å²) in [5, 5.41) is 5.95. The molecule has 1 aromatic rings. The molecular weight excluding hydrogens is 256 g/mol. The first-order chi connectivity index (χ1) is 9.69. The Morgan fingerprint density at radius 1 is 1.50 bits per heavy atom. The number of carbonyl (C=O) groups is 1. The van der Waals surface area contributed by atoms with E-state index in [1.807, 2.05) is 6.92 Å². The Hall–Kier alpha value is -1.66. The van der Waals surface area contributed by atoms with Crippen LogP contribution in [0.15, 0.2) is 18.3 Å². The van der Waals surface area contributed by atoms with Gasteiger partial charge in [0, 0.05) is 44.5 Å². The molecular formula is C14H22N4O2. The first-order valence-corrected chi connectivity index (χ1v) is 6.94. The highest BCUT2D eigenvalue weighted by Gasteiger charge is 2.16. The highest BCUT2D eigenvalue weighted by Crippen LogP contribution is 2.06. The molecule has 1 unspecified atom stereocenters. The Kier molecular flexibility index (Phi) is 5.31. The number of pyridine rings is 1. The highest BCUT2D eigenvalue weighted by molar-refractivity contribution is 5.94. The maximum Gasteiger partial charge on any atom is 0.251 e. The van der Waals surface area contributed by atoms with Crippen LogP contribution in [0.1, 0.15) is 17.3 Å². The fraction of sp³-hybridized carbons (Fsp3) is 0.571. The average molecular weight is 278 g/mol. The fourth-order valence-corrected chi connectivity index (χ4v) is 2.23. The average Bonchev–Trinajstić information content (AvgIpc) is 2.48. The molecule has 0 spiro atoms. The summed E-state index contributed by atoms with van der Waals surface area (Å²) in [7, 11) is 1.78. The van der Waals surface area contributed by atoms with Crippen molar-refractivity contribution in [3.63, 3.8) is 0 Å². The van der Waals surface area contributed by atoms with Crippen molar-refractivity contribution < 1.29 is 9.53 Å². The van der Waals surface area contributed by atoms with Gasteiger partial charge in [-0.05, 0) is 19.1 Å². The highest BCUT2D eigenvalue weighted by atomic mass is 16.5. The van der Waals surface area contributed by atoms with Crippen LogP contribution in [0.25, 0.3) is 0 Å². The molecule has 1 atom stereocenters. The summed E-state index contributed by atoms with van der Waals surface area (Å²) >= 11 is 0. The number of morpholine rings is 1. The van der Waals surface area contributed by atoms with E-state index in [1.165, 1.54) is 0 Å². The lowest BCUT2D eigenvalue weighted by molar-refractivity contribution is 0.0342. The van der Waals surface area contributed by atoms with Gasteiger partial charge in [-0.1, -0.05) is 0 Å². The zero-order chi connectivity index (χ0) is 14.4. The van der Waals surface area contributed by atoms with Crippen molar-refractivity contribution in [1.29, 1.82) is 0 Å². The van der Waals surface area contributed by atoms with Crippen LogP contribution < -0.4 is 10.6 Å². The van der Waals surface area contributed by atoms with Gasteiger partial charge in [-0.3, -0.25) is 9.69 Å². The van der Waals surface area contributed by atoms with Crippen LogP contribution in [-0.4, -0.2) is 61.7 Å². The van der Waals surface area contributed by atoms with E-state index in [0.717, 1.165) is 32.8 Å². The molecule has 0 aliphatic carbocycles. The van der Waals surface area contributed by atoms with Gasteiger partial charge < -0.3 is 15.4 Å². The molecule has 1 aliphatic rings. The van der Waals surface area contributed by atoms with E-state index < -0.39 is 0 Å². The van der Waals surface area contributed by atoms with E-state index in [-0.39, 0.29) is 11.9 Å². The van der Waals surface area contributed by atoms with E-state index in [9.17, 15) is 4.79 Å². The lowest BCUT2D eigenvalue weighted by Crippen LogP contribution is -2.46. The number of nitrogens with zero attached hydrogens (tertiary/aromatic N) is 2. The molecule has 6 heteroatoms. The zero-order valence-electron chi connectivity index (χ0n) is 12.1. The molecule has 2 N–H and O–H groups in total. The molecule has 1 aromatic heterocycles. The van der Waals surface area contributed by atoms with Crippen molar-refractivity contribution >= 4 is 11.7 Å². The number of anilines is 1. The smallest absolute Gasteiger partial charge is 0.251 e. The summed E-state index contributed by atoms with van der Waals surface area (Å²) in [6.45, 7) is 6.28. The van der Waals surface area contributed by atoms with E-state index >= 15 is 0 Å². The summed E-state index contributed by atoms with van der Waals surface area (Å²) in [4.78, 5) is 18.6. The summed E-state index contributed by atoms with van der Waals surface area (Å²) in [6.07, 6.45) is 1.63. The molecule has 110 valence electrons. The van der Waals surface area contributed by atoms with Crippen molar-refractivity contribution in [3.8, 4) is 0 Å². The predicted molar refractivity (Wildman–Crippen MR) is 78.0 cm³/mol. The third-order valence-electron chi connectivity index (χ3n) is 3.29. The SMILES string of the molecule is CNc1cc(C(=O)NC(C)CN2CCOCC2)ccn1.